The highest BCUT2D eigenvalue weighted by Gasteiger charge is 2.20. The number of benzene rings is 2. The molecule has 0 N–H and O–H groups in total. The molecule has 2 heterocycles. The largest absolute Gasteiger partial charge is 0.361 e. The first-order chi connectivity index (χ1) is 12.7. The molecule has 3 aromatic rings. The molecule has 0 saturated carbocycles. The lowest BCUT2D eigenvalue weighted by Gasteiger charge is -2.26. The SMILES string of the molecule is CN(Cc1nc2ccccc2s1)C(=O)CN1CCCSc2ccccc21. The van der Waals surface area contributed by atoms with Gasteiger partial charge in [0.05, 0.1) is 29.0 Å². The molecule has 134 valence electrons. The van der Waals surface area contributed by atoms with E-state index < -0.39 is 0 Å². The minimum Gasteiger partial charge on any atom is -0.361 e. The molecule has 0 saturated heterocycles. The second kappa shape index (κ2) is 7.68. The summed E-state index contributed by atoms with van der Waals surface area (Å²) in [6.07, 6.45) is 1.09. The number of fused-ring (bicyclic) bond motifs is 2. The number of aromatic nitrogens is 1. The highest BCUT2D eigenvalue weighted by molar-refractivity contribution is 7.99. The van der Waals surface area contributed by atoms with Crippen molar-refractivity contribution in [2.24, 2.45) is 0 Å². The Bertz CT molecular complexity index is 891. The lowest BCUT2D eigenvalue weighted by molar-refractivity contribution is -0.128. The van der Waals surface area contributed by atoms with E-state index in [0.717, 1.165) is 29.2 Å². The van der Waals surface area contributed by atoms with Crippen LogP contribution >= 0.6 is 23.1 Å². The highest BCUT2D eigenvalue weighted by Crippen LogP contribution is 2.33. The predicted molar refractivity (Wildman–Crippen MR) is 110 cm³/mol. The summed E-state index contributed by atoms with van der Waals surface area (Å²) in [5, 5.41) is 0.980. The van der Waals surface area contributed by atoms with Crippen LogP contribution in [0, 0.1) is 0 Å². The van der Waals surface area contributed by atoms with Gasteiger partial charge in [-0.05, 0) is 36.4 Å². The smallest absolute Gasteiger partial charge is 0.242 e. The Balaban J connectivity index is 1.45. The van der Waals surface area contributed by atoms with Gasteiger partial charge in [-0.3, -0.25) is 4.79 Å². The van der Waals surface area contributed by atoms with E-state index in [2.05, 4.69) is 34.1 Å². The minimum atomic E-state index is 0.131. The molecule has 1 amide bonds. The van der Waals surface area contributed by atoms with Crippen molar-refractivity contribution in [3.63, 3.8) is 0 Å². The standard InChI is InChI=1S/C20H21N3OS2/c1-22(13-19-21-15-7-2-4-9-17(15)26-19)20(24)14-23-11-6-12-25-18-10-5-3-8-16(18)23/h2-5,7-10H,6,11-14H2,1H3. The number of thioether (sulfide) groups is 1. The quantitative estimate of drug-likeness (QED) is 0.675. The molecule has 0 atom stereocenters. The molecule has 1 aliphatic heterocycles. The number of amides is 1. The van der Waals surface area contributed by atoms with Crippen molar-refractivity contribution < 1.29 is 4.79 Å². The molecule has 0 radical (unpaired) electrons. The summed E-state index contributed by atoms with van der Waals surface area (Å²) in [5.74, 6) is 1.23. The van der Waals surface area contributed by atoms with E-state index in [1.165, 1.54) is 15.3 Å². The molecule has 26 heavy (non-hydrogen) atoms. The Morgan fingerprint density at radius 2 is 2.00 bits per heavy atom. The Morgan fingerprint density at radius 3 is 2.88 bits per heavy atom. The number of likely N-dealkylation sites (N-methyl/N-ethyl adjacent to an activating group) is 1. The van der Waals surface area contributed by atoms with Gasteiger partial charge >= 0.3 is 0 Å². The van der Waals surface area contributed by atoms with Crippen molar-refractivity contribution in [3.05, 3.63) is 53.5 Å². The molecule has 4 nitrogen and oxygen atoms in total. The van der Waals surface area contributed by atoms with Crippen molar-refractivity contribution >= 4 is 44.9 Å². The minimum absolute atomic E-state index is 0.131. The summed E-state index contributed by atoms with van der Waals surface area (Å²) >= 11 is 3.54. The van der Waals surface area contributed by atoms with Crippen LogP contribution in [0.25, 0.3) is 10.2 Å². The molecule has 0 aliphatic carbocycles. The van der Waals surface area contributed by atoms with E-state index in [4.69, 9.17) is 0 Å². The zero-order valence-corrected chi connectivity index (χ0v) is 16.4. The summed E-state index contributed by atoms with van der Waals surface area (Å²) in [6.45, 7) is 1.89. The molecule has 0 fully saturated rings. The van der Waals surface area contributed by atoms with Crippen LogP contribution in [0.2, 0.25) is 0 Å². The third-order valence-corrected chi connectivity index (χ3v) is 6.67. The normalized spacial score (nSPS) is 14.1. The number of carbonyl (C=O) groups is 1. The van der Waals surface area contributed by atoms with Crippen LogP contribution in [-0.4, -0.2) is 41.7 Å². The van der Waals surface area contributed by atoms with Gasteiger partial charge in [0.1, 0.15) is 5.01 Å². The van der Waals surface area contributed by atoms with Gasteiger partial charge in [-0.1, -0.05) is 24.3 Å². The Labute approximate surface area is 161 Å². The van der Waals surface area contributed by atoms with Crippen LogP contribution in [0.5, 0.6) is 0 Å². The van der Waals surface area contributed by atoms with Gasteiger partial charge < -0.3 is 9.80 Å². The number of rotatable bonds is 4. The summed E-state index contributed by atoms with van der Waals surface area (Å²) in [4.78, 5) is 22.7. The number of hydrogen-bond donors (Lipinski definition) is 0. The summed E-state index contributed by atoms with van der Waals surface area (Å²) in [5.41, 5.74) is 2.18. The van der Waals surface area contributed by atoms with E-state index >= 15 is 0 Å². The molecular weight excluding hydrogens is 362 g/mol. The number of thiazole rings is 1. The van der Waals surface area contributed by atoms with Gasteiger partial charge in [0.15, 0.2) is 0 Å². The van der Waals surface area contributed by atoms with Crippen LogP contribution < -0.4 is 4.90 Å². The maximum atomic E-state index is 12.8. The average Bonchev–Trinajstić information content (AvgIpc) is 2.95. The predicted octanol–water partition coefficient (Wildman–Crippen LogP) is 4.26. The zero-order valence-electron chi connectivity index (χ0n) is 14.7. The Morgan fingerprint density at radius 1 is 1.19 bits per heavy atom. The molecule has 0 bridgehead atoms. The van der Waals surface area contributed by atoms with Crippen LogP contribution in [-0.2, 0) is 11.3 Å². The van der Waals surface area contributed by atoms with Gasteiger partial charge in [0.25, 0.3) is 0 Å². The lowest BCUT2D eigenvalue weighted by atomic mass is 10.2. The van der Waals surface area contributed by atoms with Crippen molar-refractivity contribution in [1.29, 1.82) is 0 Å². The van der Waals surface area contributed by atoms with Crippen LogP contribution in [0.15, 0.2) is 53.4 Å². The van der Waals surface area contributed by atoms with Gasteiger partial charge in [-0.2, -0.15) is 0 Å². The molecule has 6 heteroatoms. The van der Waals surface area contributed by atoms with E-state index in [0.29, 0.717) is 13.1 Å². The first-order valence-electron chi connectivity index (χ1n) is 8.76. The molecule has 0 unspecified atom stereocenters. The lowest BCUT2D eigenvalue weighted by Crippen LogP contribution is -2.38. The molecular formula is C20H21N3OS2. The number of carbonyl (C=O) groups excluding carboxylic acids is 1. The second-order valence-electron chi connectivity index (χ2n) is 6.42. The number of para-hydroxylation sites is 2. The molecule has 1 aromatic heterocycles. The van der Waals surface area contributed by atoms with Gasteiger partial charge in [0, 0.05) is 18.5 Å². The van der Waals surface area contributed by atoms with Gasteiger partial charge in [-0.15, -0.1) is 23.1 Å². The third kappa shape index (κ3) is 3.71. The van der Waals surface area contributed by atoms with E-state index in [1.54, 1.807) is 16.2 Å². The molecule has 0 spiro atoms. The zero-order chi connectivity index (χ0) is 17.9. The number of hydrogen-bond acceptors (Lipinski definition) is 5. The number of anilines is 1. The summed E-state index contributed by atoms with van der Waals surface area (Å²) in [6, 6.07) is 16.5. The van der Waals surface area contributed by atoms with Crippen LogP contribution in [0.4, 0.5) is 5.69 Å². The highest BCUT2D eigenvalue weighted by atomic mass is 32.2. The van der Waals surface area contributed by atoms with E-state index in [-0.39, 0.29) is 5.91 Å². The van der Waals surface area contributed by atoms with Crippen molar-refractivity contribution in [2.75, 3.05) is 30.8 Å². The monoisotopic (exact) mass is 383 g/mol. The third-order valence-electron chi connectivity index (χ3n) is 4.50. The summed E-state index contributed by atoms with van der Waals surface area (Å²) < 4.78 is 1.17. The Kier molecular flexibility index (Phi) is 5.13. The Hall–Kier alpha value is -2.05. The van der Waals surface area contributed by atoms with E-state index in [9.17, 15) is 4.79 Å². The topological polar surface area (TPSA) is 36.4 Å². The van der Waals surface area contributed by atoms with Crippen molar-refractivity contribution in [1.82, 2.24) is 9.88 Å². The van der Waals surface area contributed by atoms with Gasteiger partial charge in [-0.25, -0.2) is 4.98 Å². The molecule has 4 rings (SSSR count). The molecule has 2 aromatic carbocycles. The first-order valence-corrected chi connectivity index (χ1v) is 10.6. The fraction of sp³-hybridized carbons (Fsp3) is 0.300. The van der Waals surface area contributed by atoms with E-state index in [1.807, 2.05) is 43.1 Å². The summed E-state index contributed by atoms with van der Waals surface area (Å²) in [7, 11) is 1.87. The fourth-order valence-electron chi connectivity index (χ4n) is 3.13. The maximum absolute atomic E-state index is 12.8. The van der Waals surface area contributed by atoms with Crippen molar-refractivity contribution in [2.45, 2.75) is 17.9 Å². The van der Waals surface area contributed by atoms with Crippen LogP contribution in [0.1, 0.15) is 11.4 Å². The van der Waals surface area contributed by atoms with Crippen molar-refractivity contribution in [3.8, 4) is 0 Å². The maximum Gasteiger partial charge on any atom is 0.242 e. The average molecular weight is 384 g/mol. The second-order valence-corrected chi connectivity index (χ2v) is 8.67. The molecule has 1 aliphatic rings. The first kappa shape index (κ1) is 17.4. The van der Waals surface area contributed by atoms with Crippen LogP contribution in [0.3, 0.4) is 0 Å². The number of nitrogens with zero attached hydrogens (tertiary/aromatic N) is 3. The van der Waals surface area contributed by atoms with Gasteiger partial charge in [0.2, 0.25) is 5.91 Å². The fourth-order valence-corrected chi connectivity index (χ4v) is 5.16.